The predicted molar refractivity (Wildman–Crippen MR) is 119 cm³/mol. The molecule has 2 aliphatic rings. The summed E-state index contributed by atoms with van der Waals surface area (Å²) < 4.78 is 10.9. The van der Waals surface area contributed by atoms with Crippen molar-refractivity contribution in [1.82, 2.24) is 19.9 Å². The van der Waals surface area contributed by atoms with Crippen LogP contribution in [0.1, 0.15) is 37.3 Å². The van der Waals surface area contributed by atoms with Crippen LogP contribution in [0.4, 0.5) is 5.95 Å². The molecule has 0 amide bonds. The van der Waals surface area contributed by atoms with Gasteiger partial charge in [-0.1, -0.05) is 0 Å². The minimum absolute atomic E-state index is 0.284. The smallest absolute Gasteiger partial charge is 0.231 e. The predicted octanol–water partition coefficient (Wildman–Crippen LogP) is 4.08. The summed E-state index contributed by atoms with van der Waals surface area (Å²) >= 11 is 0. The number of likely N-dealkylation sites (tertiary alicyclic amines) is 1. The van der Waals surface area contributed by atoms with Gasteiger partial charge in [0.2, 0.25) is 12.7 Å². The molecule has 0 spiro atoms. The summed E-state index contributed by atoms with van der Waals surface area (Å²) in [7, 11) is 0. The lowest BCUT2D eigenvalue weighted by molar-refractivity contribution is 0.174. The highest BCUT2D eigenvalue weighted by Gasteiger charge is 2.24. The van der Waals surface area contributed by atoms with Crippen molar-refractivity contribution in [2.75, 3.05) is 25.2 Å². The van der Waals surface area contributed by atoms with E-state index in [4.69, 9.17) is 9.47 Å². The summed E-state index contributed by atoms with van der Waals surface area (Å²) in [6.07, 6.45) is 6.90. The van der Waals surface area contributed by atoms with Crippen molar-refractivity contribution >= 4 is 5.95 Å². The molecular weight excluding hydrogens is 390 g/mol. The number of aromatic nitrogens is 3. The van der Waals surface area contributed by atoms with Crippen molar-refractivity contribution in [3.8, 4) is 22.8 Å². The van der Waals surface area contributed by atoms with Gasteiger partial charge in [0.25, 0.3) is 0 Å². The van der Waals surface area contributed by atoms with Gasteiger partial charge in [-0.25, -0.2) is 9.97 Å². The number of pyridine rings is 1. The number of anilines is 1. The maximum absolute atomic E-state index is 5.52. The number of nitrogens with zero attached hydrogens (tertiary/aromatic N) is 4. The first kappa shape index (κ1) is 19.8. The molecule has 0 bridgehead atoms. The van der Waals surface area contributed by atoms with Crippen LogP contribution in [0.5, 0.6) is 11.5 Å². The number of ether oxygens (including phenoxy) is 2. The molecular formula is C24H27N5O2. The van der Waals surface area contributed by atoms with Crippen LogP contribution in [0.2, 0.25) is 0 Å². The Morgan fingerprint density at radius 1 is 1.06 bits per heavy atom. The number of fused-ring (bicyclic) bond motifs is 1. The van der Waals surface area contributed by atoms with Gasteiger partial charge in [-0.2, -0.15) is 0 Å². The third kappa shape index (κ3) is 4.46. The topological polar surface area (TPSA) is 72.4 Å². The summed E-state index contributed by atoms with van der Waals surface area (Å²) in [4.78, 5) is 15.9. The Hall–Kier alpha value is -3.19. The van der Waals surface area contributed by atoms with Crippen molar-refractivity contribution in [3.63, 3.8) is 0 Å². The van der Waals surface area contributed by atoms with E-state index < -0.39 is 0 Å². The first-order chi connectivity index (χ1) is 15.1. The molecule has 0 saturated carbocycles. The largest absolute Gasteiger partial charge is 0.454 e. The molecule has 0 aliphatic carbocycles. The van der Waals surface area contributed by atoms with E-state index in [9.17, 15) is 0 Å². The highest BCUT2D eigenvalue weighted by atomic mass is 16.7. The number of nitrogens with one attached hydrogen (secondary N) is 1. The van der Waals surface area contributed by atoms with E-state index in [1.54, 1.807) is 0 Å². The number of benzene rings is 1. The van der Waals surface area contributed by atoms with Crippen molar-refractivity contribution < 1.29 is 9.47 Å². The van der Waals surface area contributed by atoms with Crippen LogP contribution in [-0.2, 0) is 6.54 Å². The molecule has 2 aliphatic heterocycles. The van der Waals surface area contributed by atoms with Crippen LogP contribution >= 0.6 is 0 Å². The summed E-state index contributed by atoms with van der Waals surface area (Å²) in [5.41, 5.74) is 4.49. The Morgan fingerprint density at radius 2 is 1.90 bits per heavy atom. The molecule has 1 fully saturated rings. The van der Waals surface area contributed by atoms with E-state index in [1.807, 2.05) is 36.8 Å². The van der Waals surface area contributed by atoms with E-state index in [-0.39, 0.29) is 6.79 Å². The van der Waals surface area contributed by atoms with Gasteiger partial charge in [-0.15, -0.1) is 0 Å². The second kappa shape index (κ2) is 8.51. The van der Waals surface area contributed by atoms with Gasteiger partial charge in [0, 0.05) is 48.8 Å². The summed E-state index contributed by atoms with van der Waals surface area (Å²) in [6, 6.07) is 10.7. The monoisotopic (exact) mass is 417 g/mol. The number of rotatable bonds is 6. The molecule has 0 radical (unpaired) electrons. The normalized spacial score (nSPS) is 18.0. The molecule has 2 aromatic heterocycles. The molecule has 31 heavy (non-hydrogen) atoms. The third-order valence-corrected chi connectivity index (χ3v) is 5.73. The minimum Gasteiger partial charge on any atom is -0.454 e. The zero-order chi connectivity index (χ0) is 21.2. The lowest BCUT2D eigenvalue weighted by Gasteiger charge is -2.16. The zero-order valence-electron chi connectivity index (χ0n) is 17.9. The standard InChI is InChI=1S/C24H27N5O2/c1-16(2)28-24-26-11-17(12-27-24)13-29-8-6-20(14-29)18-5-7-25-21(9-18)19-3-4-22-23(10-19)31-15-30-22/h3-5,7,9-12,16,20H,6,8,13-15H2,1-2H3,(H,26,27,28)/t20-/m0/s1. The molecule has 0 unspecified atom stereocenters. The summed E-state index contributed by atoms with van der Waals surface area (Å²) in [5.74, 6) is 2.77. The van der Waals surface area contributed by atoms with Crippen LogP contribution in [0.25, 0.3) is 11.3 Å². The van der Waals surface area contributed by atoms with Crippen LogP contribution in [0.3, 0.4) is 0 Å². The fraction of sp³-hybridized carbons (Fsp3) is 0.375. The van der Waals surface area contributed by atoms with Gasteiger partial charge in [0.05, 0.1) is 5.69 Å². The van der Waals surface area contributed by atoms with E-state index in [0.717, 1.165) is 54.4 Å². The molecule has 7 nitrogen and oxygen atoms in total. The fourth-order valence-corrected chi connectivity index (χ4v) is 4.19. The van der Waals surface area contributed by atoms with Crippen LogP contribution in [0.15, 0.2) is 48.9 Å². The number of hydrogen-bond donors (Lipinski definition) is 1. The average Bonchev–Trinajstić information content (AvgIpc) is 3.44. The van der Waals surface area contributed by atoms with Gasteiger partial charge in [0.15, 0.2) is 11.5 Å². The second-order valence-electron chi connectivity index (χ2n) is 8.48. The van der Waals surface area contributed by atoms with Crippen molar-refractivity contribution in [1.29, 1.82) is 0 Å². The Bertz CT molecular complexity index is 1050. The molecule has 1 N–H and O–H groups in total. The van der Waals surface area contributed by atoms with Crippen molar-refractivity contribution in [2.45, 2.75) is 38.8 Å². The van der Waals surface area contributed by atoms with Crippen LogP contribution in [-0.4, -0.2) is 45.8 Å². The van der Waals surface area contributed by atoms with E-state index in [1.165, 1.54) is 5.56 Å². The molecule has 4 heterocycles. The third-order valence-electron chi connectivity index (χ3n) is 5.73. The molecule has 3 aromatic rings. The Kier molecular flexibility index (Phi) is 5.42. The van der Waals surface area contributed by atoms with E-state index in [0.29, 0.717) is 17.9 Å². The first-order valence-electron chi connectivity index (χ1n) is 10.8. The lowest BCUT2D eigenvalue weighted by Crippen LogP contribution is -2.20. The zero-order valence-corrected chi connectivity index (χ0v) is 17.9. The van der Waals surface area contributed by atoms with Crippen molar-refractivity contribution in [2.24, 2.45) is 0 Å². The highest BCUT2D eigenvalue weighted by molar-refractivity contribution is 5.65. The minimum atomic E-state index is 0.284. The fourth-order valence-electron chi connectivity index (χ4n) is 4.19. The Labute approximate surface area is 182 Å². The van der Waals surface area contributed by atoms with Gasteiger partial charge in [-0.3, -0.25) is 9.88 Å². The van der Waals surface area contributed by atoms with Gasteiger partial charge >= 0.3 is 0 Å². The first-order valence-corrected chi connectivity index (χ1v) is 10.8. The van der Waals surface area contributed by atoms with Crippen molar-refractivity contribution in [3.05, 3.63) is 60.0 Å². The molecule has 160 valence electrons. The molecule has 7 heteroatoms. The van der Waals surface area contributed by atoms with E-state index in [2.05, 4.69) is 51.1 Å². The van der Waals surface area contributed by atoms with Gasteiger partial charge < -0.3 is 14.8 Å². The SMILES string of the molecule is CC(C)Nc1ncc(CN2CC[C@H](c3ccnc(-c4ccc5c(c4)OCO5)c3)C2)cn1. The van der Waals surface area contributed by atoms with Crippen LogP contribution < -0.4 is 14.8 Å². The number of hydrogen-bond acceptors (Lipinski definition) is 7. The highest BCUT2D eigenvalue weighted by Crippen LogP contribution is 2.36. The van der Waals surface area contributed by atoms with Crippen LogP contribution in [0, 0.1) is 0 Å². The Balaban J connectivity index is 1.24. The maximum Gasteiger partial charge on any atom is 0.231 e. The van der Waals surface area contributed by atoms with E-state index >= 15 is 0 Å². The van der Waals surface area contributed by atoms with Gasteiger partial charge in [0.1, 0.15) is 0 Å². The quantitative estimate of drug-likeness (QED) is 0.648. The summed E-state index contributed by atoms with van der Waals surface area (Å²) in [6.45, 7) is 7.41. The average molecular weight is 418 g/mol. The Morgan fingerprint density at radius 3 is 2.74 bits per heavy atom. The lowest BCUT2D eigenvalue weighted by atomic mass is 9.97. The maximum atomic E-state index is 5.52. The molecule has 1 aromatic carbocycles. The van der Waals surface area contributed by atoms with Gasteiger partial charge in [-0.05, 0) is 68.6 Å². The second-order valence-corrected chi connectivity index (χ2v) is 8.48. The molecule has 5 rings (SSSR count). The summed E-state index contributed by atoms with van der Waals surface area (Å²) in [5, 5.41) is 3.23. The molecule has 1 saturated heterocycles. The molecule has 1 atom stereocenters.